The van der Waals surface area contributed by atoms with Crippen LogP contribution in [0.25, 0.3) is 0 Å². The maximum atomic E-state index is 13.7. The summed E-state index contributed by atoms with van der Waals surface area (Å²) < 4.78 is 39.7. The van der Waals surface area contributed by atoms with Gasteiger partial charge in [-0.15, -0.1) is 0 Å². The van der Waals surface area contributed by atoms with E-state index in [0.29, 0.717) is 6.54 Å². The Morgan fingerprint density at radius 1 is 1.43 bits per heavy atom. The van der Waals surface area contributed by atoms with E-state index in [2.05, 4.69) is 0 Å². The lowest BCUT2D eigenvalue weighted by Crippen LogP contribution is -2.31. The SMILES string of the molecule is CCC(C)CN(C)S(=O)(=O)c1cc(C)c(F)c(C(=O)O)c1. The van der Waals surface area contributed by atoms with E-state index in [0.717, 1.165) is 18.6 Å². The van der Waals surface area contributed by atoms with Gasteiger partial charge in [0.15, 0.2) is 0 Å². The molecule has 0 aliphatic carbocycles. The Hall–Kier alpha value is -1.47. The highest BCUT2D eigenvalue weighted by Gasteiger charge is 2.25. The highest BCUT2D eigenvalue weighted by molar-refractivity contribution is 7.89. The van der Waals surface area contributed by atoms with Crippen LogP contribution in [0.15, 0.2) is 17.0 Å². The zero-order valence-corrected chi connectivity index (χ0v) is 13.4. The second-order valence-corrected chi connectivity index (χ2v) is 7.25. The summed E-state index contributed by atoms with van der Waals surface area (Å²) in [4.78, 5) is 10.8. The first-order valence-electron chi connectivity index (χ1n) is 6.61. The minimum Gasteiger partial charge on any atom is -0.478 e. The van der Waals surface area contributed by atoms with Crippen molar-refractivity contribution in [2.24, 2.45) is 5.92 Å². The van der Waals surface area contributed by atoms with Crippen LogP contribution in [0.4, 0.5) is 4.39 Å². The van der Waals surface area contributed by atoms with Gasteiger partial charge in [-0.05, 0) is 30.5 Å². The minimum absolute atomic E-state index is 0.00888. The molecule has 1 unspecified atom stereocenters. The van der Waals surface area contributed by atoms with Crippen LogP contribution in [0.1, 0.15) is 36.2 Å². The van der Waals surface area contributed by atoms with E-state index in [1.54, 1.807) is 0 Å². The van der Waals surface area contributed by atoms with E-state index in [1.165, 1.54) is 18.3 Å². The van der Waals surface area contributed by atoms with Gasteiger partial charge in [-0.2, -0.15) is 0 Å². The van der Waals surface area contributed by atoms with Crippen LogP contribution in [-0.4, -0.2) is 37.4 Å². The number of halogens is 1. The molecule has 1 N–H and O–H groups in total. The summed E-state index contributed by atoms with van der Waals surface area (Å²) in [5.41, 5.74) is -0.643. The molecule has 0 bridgehead atoms. The Balaban J connectivity index is 3.29. The first-order valence-corrected chi connectivity index (χ1v) is 8.05. The smallest absolute Gasteiger partial charge is 0.338 e. The first kappa shape index (κ1) is 17.6. The number of hydrogen-bond acceptors (Lipinski definition) is 3. The predicted octanol–water partition coefficient (Wildman–Crippen LogP) is 2.50. The van der Waals surface area contributed by atoms with Crippen LogP contribution in [0.2, 0.25) is 0 Å². The molecule has 1 aromatic rings. The number of carboxylic acids is 1. The number of aromatic carboxylic acids is 1. The molecule has 7 heteroatoms. The van der Waals surface area contributed by atoms with Gasteiger partial charge in [0.05, 0.1) is 10.5 Å². The zero-order valence-electron chi connectivity index (χ0n) is 12.6. The summed E-state index contributed by atoms with van der Waals surface area (Å²) in [6.07, 6.45) is 0.822. The highest BCUT2D eigenvalue weighted by atomic mass is 32.2. The number of aryl methyl sites for hydroxylation is 1. The lowest BCUT2D eigenvalue weighted by atomic mass is 10.1. The molecule has 1 aromatic carbocycles. The monoisotopic (exact) mass is 317 g/mol. The van der Waals surface area contributed by atoms with E-state index in [1.807, 2.05) is 13.8 Å². The maximum absolute atomic E-state index is 13.7. The number of carboxylic acid groups (broad SMARTS) is 1. The summed E-state index contributed by atoms with van der Waals surface area (Å²) in [5, 5.41) is 8.95. The van der Waals surface area contributed by atoms with Crippen molar-refractivity contribution in [3.05, 3.63) is 29.1 Å². The third kappa shape index (κ3) is 3.79. The van der Waals surface area contributed by atoms with E-state index in [-0.39, 0.29) is 16.4 Å². The van der Waals surface area contributed by atoms with Gasteiger partial charge in [0.1, 0.15) is 5.82 Å². The molecular weight excluding hydrogens is 297 g/mol. The molecule has 118 valence electrons. The van der Waals surface area contributed by atoms with Crippen molar-refractivity contribution in [2.45, 2.75) is 32.1 Å². The molecule has 0 amide bonds. The summed E-state index contributed by atoms with van der Waals surface area (Å²) in [5.74, 6) is -2.23. The van der Waals surface area contributed by atoms with Gasteiger partial charge in [0.2, 0.25) is 10.0 Å². The summed E-state index contributed by atoms with van der Waals surface area (Å²) in [6, 6.07) is 2.03. The second kappa shape index (κ2) is 6.53. The molecular formula is C14H20FNO4S. The molecule has 0 aliphatic rings. The average molecular weight is 317 g/mol. The predicted molar refractivity (Wildman–Crippen MR) is 77.4 cm³/mol. The Kier molecular flexibility index (Phi) is 5.47. The summed E-state index contributed by atoms with van der Waals surface area (Å²) in [7, 11) is -2.40. The van der Waals surface area contributed by atoms with E-state index in [4.69, 9.17) is 5.11 Å². The van der Waals surface area contributed by atoms with Gasteiger partial charge in [-0.1, -0.05) is 20.3 Å². The molecule has 0 aromatic heterocycles. The number of hydrogen-bond donors (Lipinski definition) is 1. The molecule has 0 aliphatic heterocycles. The Bertz CT molecular complexity index is 643. The van der Waals surface area contributed by atoms with Crippen LogP contribution in [0, 0.1) is 18.7 Å². The minimum atomic E-state index is -3.84. The Morgan fingerprint density at radius 2 is 2.00 bits per heavy atom. The normalized spacial score (nSPS) is 13.4. The molecule has 1 atom stereocenters. The standard InChI is InChI=1S/C14H20FNO4S/c1-5-9(2)8-16(4)21(19,20)11-6-10(3)13(15)12(7-11)14(17)18/h6-7,9H,5,8H2,1-4H3,(H,17,18). The van der Waals surface area contributed by atoms with Gasteiger partial charge in [0, 0.05) is 13.6 Å². The topological polar surface area (TPSA) is 74.7 Å². The highest BCUT2D eigenvalue weighted by Crippen LogP contribution is 2.22. The summed E-state index contributed by atoms with van der Waals surface area (Å²) >= 11 is 0. The lowest BCUT2D eigenvalue weighted by molar-refractivity contribution is 0.0691. The fourth-order valence-corrected chi connectivity index (χ4v) is 3.29. The van der Waals surface area contributed by atoms with Crippen molar-refractivity contribution in [3.63, 3.8) is 0 Å². The van der Waals surface area contributed by atoms with E-state index in [9.17, 15) is 17.6 Å². The second-order valence-electron chi connectivity index (χ2n) is 5.21. The zero-order chi connectivity index (χ0) is 16.4. The van der Waals surface area contributed by atoms with Crippen LogP contribution < -0.4 is 0 Å². The molecule has 0 saturated heterocycles. The first-order chi connectivity index (χ1) is 9.61. The van der Waals surface area contributed by atoms with Gasteiger partial charge < -0.3 is 5.11 Å². The number of rotatable bonds is 6. The van der Waals surface area contributed by atoms with Crippen molar-refractivity contribution in [3.8, 4) is 0 Å². The molecule has 21 heavy (non-hydrogen) atoms. The third-order valence-corrected chi connectivity index (χ3v) is 5.23. The Morgan fingerprint density at radius 3 is 2.48 bits per heavy atom. The summed E-state index contributed by atoms with van der Waals surface area (Å²) in [6.45, 7) is 5.54. The molecule has 1 rings (SSSR count). The lowest BCUT2D eigenvalue weighted by Gasteiger charge is -2.21. The molecule has 0 spiro atoms. The number of sulfonamides is 1. The molecule has 0 heterocycles. The average Bonchev–Trinajstić information content (AvgIpc) is 2.40. The van der Waals surface area contributed by atoms with Crippen molar-refractivity contribution < 1.29 is 22.7 Å². The van der Waals surface area contributed by atoms with Crippen LogP contribution >= 0.6 is 0 Å². The molecule has 0 saturated carbocycles. The van der Waals surface area contributed by atoms with E-state index >= 15 is 0 Å². The van der Waals surface area contributed by atoms with Crippen molar-refractivity contribution >= 4 is 16.0 Å². The molecule has 5 nitrogen and oxygen atoms in total. The fraction of sp³-hybridized carbons (Fsp3) is 0.500. The van der Waals surface area contributed by atoms with Gasteiger partial charge >= 0.3 is 5.97 Å². The number of nitrogens with zero attached hydrogens (tertiary/aromatic N) is 1. The number of carbonyl (C=O) groups is 1. The quantitative estimate of drug-likeness (QED) is 0.875. The molecule has 0 fully saturated rings. The maximum Gasteiger partial charge on any atom is 0.338 e. The fourth-order valence-electron chi connectivity index (χ4n) is 1.89. The van der Waals surface area contributed by atoms with Gasteiger partial charge in [-0.3, -0.25) is 0 Å². The van der Waals surface area contributed by atoms with Gasteiger partial charge in [-0.25, -0.2) is 21.9 Å². The van der Waals surface area contributed by atoms with Gasteiger partial charge in [0.25, 0.3) is 0 Å². The van der Waals surface area contributed by atoms with E-state index < -0.39 is 27.4 Å². The van der Waals surface area contributed by atoms with Crippen molar-refractivity contribution in [2.75, 3.05) is 13.6 Å². The van der Waals surface area contributed by atoms with Crippen molar-refractivity contribution in [1.29, 1.82) is 0 Å². The van der Waals surface area contributed by atoms with Crippen LogP contribution in [0.5, 0.6) is 0 Å². The third-order valence-electron chi connectivity index (χ3n) is 3.43. The molecule has 0 radical (unpaired) electrons. The van der Waals surface area contributed by atoms with Crippen LogP contribution in [-0.2, 0) is 10.0 Å². The Labute approximate surface area is 124 Å². The largest absolute Gasteiger partial charge is 0.478 e. The number of benzene rings is 1. The van der Waals surface area contributed by atoms with Crippen molar-refractivity contribution in [1.82, 2.24) is 4.31 Å². The van der Waals surface area contributed by atoms with Crippen LogP contribution in [0.3, 0.4) is 0 Å².